The molecule has 0 radical (unpaired) electrons. The van der Waals surface area contributed by atoms with Gasteiger partial charge in [0.25, 0.3) is 5.56 Å². The average Bonchev–Trinajstić information content (AvgIpc) is 2.96. The highest BCUT2D eigenvalue weighted by molar-refractivity contribution is 9.10. The molecule has 0 atom stereocenters. The van der Waals surface area contributed by atoms with E-state index in [2.05, 4.69) is 20.9 Å². The number of benzene rings is 1. The first-order chi connectivity index (χ1) is 11.8. The van der Waals surface area contributed by atoms with Crippen molar-refractivity contribution >= 4 is 33.5 Å². The van der Waals surface area contributed by atoms with Crippen LogP contribution in [0.4, 0.5) is 0 Å². The van der Waals surface area contributed by atoms with Crippen molar-refractivity contribution in [1.29, 1.82) is 0 Å². The molecule has 0 saturated heterocycles. The van der Waals surface area contributed by atoms with Gasteiger partial charge in [-0.2, -0.15) is 0 Å². The highest BCUT2D eigenvalue weighted by Gasteiger charge is 2.23. The molecule has 3 rings (SSSR count). The van der Waals surface area contributed by atoms with Gasteiger partial charge >= 0.3 is 11.7 Å². The number of hydrogen-bond acceptors (Lipinski definition) is 4. The van der Waals surface area contributed by atoms with Crippen molar-refractivity contribution in [3.63, 3.8) is 0 Å². The van der Waals surface area contributed by atoms with Gasteiger partial charge < -0.3 is 9.72 Å². The van der Waals surface area contributed by atoms with E-state index in [9.17, 15) is 14.4 Å². The van der Waals surface area contributed by atoms with Gasteiger partial charge in [-0.15, -0.1) is 0 Å². The minimum atomic E-state index is -0.571. The maximum absolute atomic E-state index is 12.7. The molecule has 6 nitrogen and oxygen atoms in total. The second-order valence-electron chi connectivity index (χ2n) is 6.12. The fourth-order valence-electron chi connectivity index (χ4n) is 2.89. The topological polar surface area (TPSA) is 81.2 Å². The number of halogens is 2. The normalized spacial score (nSPS) is 13.2. The van der Waals surface area contributed by atoms with Crippen LogP contribution in [-0.4, -0.2) is 21.6 Å². The number of carbonyl (C=O) groups is 1. The fourth-order valence-corrected chi connectivity index (χ4v) is 3.78. The molecule has 0 amide bonds. The maximum atomic E-state index is 12.7. The van der Waals surface area contributed by atoms with E-state index in [0.29, 0.717) is 28.6 Å². The summed E-state index contributed by atoms with van der Waals surface area (Å²) in [5, 5.41) is 0.179. The molecule has 1 aliphatic rings. The van der Waals surface area contributed by atoms with Crippen LogP contribution < -0.4 is 11.2 Å². The zero-order chi connectivity index (χ0) is 18.3. The third-order valence-electron chi connectivity index (χ3n) is 3.98. The van der Waals surface area contributed by atoms with Crippen molar-refractivity contribution in [2.45, 2.75) is 39.2 Å². The Morgan fingerprint density at radius 1 is 1.32 bits per heavy atom. The van der Waals surface area contributed by atoms with Crippen LogP contribution >= 0.6 is 27.5 Å². The van der Waals surface area contributed by atoms with Crippen LogP contribution in [0, 0.1) is 0 Å². The lowest BCUT2D eigenvalue weighted by Gasteiger charge is -2.13. The minimum Gasteiger partial charge on any atom is -0.459 e. The summed E-state index contributed by atoms with van der Waals surface area (Å²) >= 11 is 9.52. The standard InChI is InChI=1S/C17H16BrClN2O4/c1-8(2)25-16(23)10-6-14(12(19)7-11(10)18)21-15(22)9-4-3-5-13(9)20-17(21)24/h6-8H,3-5H2,1-2H3,(H,20,24). The summed E-state index contributed by atoms with van der Waals surface area (Å²) in [6.07, 6.45) is 1.82. The van der Waals surface area contributed by atoms with Crippen molar-refractivity contribution in [3.8, 4) is 5.69 Å². The van der Waals surface area contributed by atoms with Crippen molar-refractivity contribution in [1.82, 2.24) is 9.55 Å². The Kier molecular flexibility index (Phi) is 4.88. The van der Waals surface area contributed by atoms with Gasteiger partial charge in [0.05, 0.1) is 22.4 Å². The van der Waals surface area contributed by atoms with Gasteiger partial charge in [-0.1, -0.05) is 11.6 Å². The quantitative estimate of drug-likeness (QED) is 0.764. The number of rotatable bonds is 3. The number of esters is 1. The molecule has 25 heavy (non-hydrogen) atoms. The summed E-state index contributed by atoms with van der Waals surface area (Å²) < 4.78 is 6.60. The van der Waals surface area contributed by atoms with Gasteiger partial charge in [-0.25, -0.2) is 14.2 Å². The predicted molar refractivity (Wildman–Crippen MR) is 97.9 cm³/mol. The van der Waals surface area contributed by atoms with Crippen molar-refractivity contribution in [2.75, 3.05) is 0 Å². The van der Waals surface area contributed by atoms with Crippen LogP contribution in [-0.2, 0) is 17.6 Å². The summed E-state index contributed by atoms with van der Waals surface area (Å²) in [5.41, 5.74) is 0.645. The number of ether oxygens (including phenoxy) is 1. The summed E-state index contributed by atoms with van der Waals surface area (Å²) in [5.74, 6) is -0.564. The van der Waals surface area contributed by atoms with Crippen molar-refractivity contribution in [3.05, 3.63) is 59.3 Å². The monoisotopic (exact) mass is 426 g/mol. The molecule has 1 aromatic carbocycles. The molecule has 0 aliphatic heterocycles. The Morgan fingerprint density at radius 2 is 2.04 bits per heavy atom. The van der Waals surface area contributed by atoms with E-state index in [-0.39, 0.29) is 22.4 Å². The van der Waals surface area contributed by atoms with Gasteiger partial charge in [0, 0.05) is 15.7 Å². The van der Waals surface area contributed by atoms with Crippen LogP contribution in [0.15, 0.2) is 26.2 Å². The molecule has 0 fully saturated rings. The van der Waals surface area contributed by atoms with E-state index >= 15 is 0 Å². The smallest absolute Gasteiger partial charge is 0.339 e. The number of aromatic nitrogens is 2. The van der Waals surface area contributed by atoms with Crippen LogP contribution in [0.2, 0.25) is 5.02 Å². The second kappa shape index (κ2) is 6.80. The lowest BCUT2D eigenvalue weighted by Crippen LogP contribution is -2.36. The second-order valence-corrected chi connectivity index (χ2v) is 7.38. The molecule has 1 heterocycles. The summed E-state index contributed by atoms with van der Waals surface area (Å²) in [6.45, 7) is 3.47. The molecule has 1 N–H and O–H groups in total. The molecule has 1 aromatic heterocycles. The Morgan fingerprint density at radius 3 is 2.72 bits per heavy atom. The highest BCUT2D eigenvalue weighted by Crippen LogP contribution is 2.28. The molecular formula is C17H16BrClN2O4. The first-order valence-electron chi connectivity index (χ1n) is 7.87. The first-order valence-corrected chi connectivity index (χ1v) is 9.04. The van der Waals surface area contributed by atoms with E-state index in [1.165, 1.54) is 12.1 Å². The van der Waals surface area contributed by atoms with Crippen LogP contribution in [0.3, 0.4) is 0 Å². The first kappa shape index (κ1) is 17.9. The number of nitrogens with one attached hydrogen (secondary N) is 1. The summed E-state index contributed by atoms with van der Waals surface area (Å²) in [7, 11) is 0. The van der Waals surface area contributed by atoms with Crippen LogP contribution in [0.1, 0.15) is 41.9 Å². The third-order valence-corrected chi connectivity index (χ3v) is 4.94. The lowest BCUT2D eigenvalue weighted by molar-refractivity contribution is 0.0377. The molecule has 132 valence electrons. The Hall–Kier alpha value is -1.86. The molecular weight excluding hydrogens is 412 g/mol. The largest absolute Gasteiger partial charge is 0.459 e. The van der Waals surface area contributed by atoms with E-state index < -0.39 is 17.2 Å². The third kappa shape index (κ3) is 3.30. The summed E-state index contributed by atoms with van der Waals surface area (Å²) in [6, 6.07) is 2.88. The number of hydrogen-bond donors (Lipinski definition) is 1. The highest BCUT2D eigenvalue weighted by atomic mass is 79.9. The minimum absolute atomic E-state index is 0.154. The van der Waals surface area contributed by atoms with Gasteiger partial charge in [0.2, 0.25) is 0 Å². The number of fused-ring (bicyclic) bond motifs is 1. The zero-order valence-corrected chi connectivity index (χ0v) is 16.0. The molecule has 0 spiro atoms. The van der Waals surface area contributed by atoms with Gasteiger partial charge in [0.1, 0.15) is 0 Å². The number of H-pyrrole nitrogens is 1. The van der Waals surface area contributed by atoms with Crippen LogP contribution in [0.25, 0.3) is 5.69 Å². The van der Waals surface area contributed by atoms with Crippen molar-refractivity contribution in [2.24, 2.45) is 0 Å². The molecule has 2 aromatic rings. The zero-order valence-electron chi connectivity index (χ0n) is 13.7. The SMILES string of the molecule is CC(C)OC(=O)c1cc(-n2c(=O)[nH]c3c(c2=O)CCC3)c(Cl)cc1Br. The molecule has 0 saturated carbocycles. The van der Waals surface area contributed by atoms with Crippen LogP contribution in [0.5, 0.6) is 0 Å². The Balaban J connectivity index is 2.21. The van der Waals surface area contributed by atoms with E-state index in [1.54, 1.807) is 13.8 Å². The number of carbonyl (C=O) groups excluding carboxylic acids is 1. The molecule has 0 unspecified atom stereocenters. The number of aromatic amines is 1. The molecule has 0 bridgehead atoms. The Labute approximate surface area is 156 Å². The van der Waals surface area contributed by atoms with E-state index in [4.69, 9.17) is 16.3 Å². The average molecular weight is 428 g/mol. The Bertz CT molecular complexity index is 978. The maximum Gasteiger partial charge on any atom is 0.339 e. The van der Waals surface area contributed by atoms with E-state index in [0.717, 1.165) is 11.0 Å². The molecule has 8 heteroatoms. The van der Waals surface area contributed by atoms with Gasteiger partial charge in [0.15, 0.2) is 0 Å². The van der Waals surface area contributed by atoms with Gasteiger partial charge in [-0.3, -0.25) is 4.79 Å². The summed E-state index contributed by atoms with van der Waals surface area (Å²) in [4.78, 5) is 40.2. The molecule has 1 aliphatic carbocycles. The number of aryl methyl sites for hydroxylation is 1. The predicted octanol–water partition coefficient (Wildman–Crippen LogP) is 3.00. The van der Waals surface area contributed by atoms with E-state index in [1.807, 2.05) is 0 Å². The fraction of sp³-hybridized carbons (Fsp3) is 0.353. The van der Waals surface area contributed by atoms with Crippen molar-refractivity contribution < 1.29 is 9.53 Å². The van der Waals surface area contributed by atoms with Gasteiger partial charge in [-0.05, 0) is 61.2 Å². The lowest BCUT2D eigenvalue weighted by atomic mass is 10.2. The number of nitrogens with zero attached hydrogens (tertiary/aromatic N) is 1.